The predicted octanol–water partition coefficient (Wildman–Crippen LogP) is 6.13. The lowest BCUT2D eigenvalue weighted by Gasteiger charge is -2.24. The maximum atomic E-state index is 15.7. The maximum absolute atomic E-state index is 15.7. The number of benzene rings is 2. The molecule has 0 bridgehead atoms. The average Bonchev–Trinajstić information content (AvgIpc) is 3.51. The maximum Gasteiger partial charge on any atom is 0.305 e. The van der Waals surface area contributed by atoms with Crippen LogP contribution in [0.1, 0.15) is 71.9 Å². The van der Waals surface area contributed by atoms with Gasteiger partial charge in [0, 0.05) is 35.8 Å². The number of pyridine rings is 1. The summed E-state index contributed by atoms with van der Waals surface area (Å²) >= 11 is 6.25. The molecular formula is C37H47ClFN5O4. The van der Waals surface area contributed by atoms with Gasteiger partial charge < -0.3 is 25.5 Å². The molecule has 0 saturated carbocycles. The number of rotatable bonds is 14. The number of halogens is 2. The van der Waals surface area contributed by atoms with Gasteiger partial charge in [0.15, 0.2) is 5.78 Å². The van der Waals surface area contributed by atoms with Crippen LogP contribution in [0.3, 0.4) is 0 Å². The van der Waals surface area contributed by atoms with E-state index in [4.69, 9.17) is 11.6 Å². The van der Waals surface area contributed by atoms with Crippen molar-refractivity contribution in [3.63, 3.8) is 0 Å². The fourth-order valence-electron chi connectivity index (χ4n) is 6.45. The van der Waals surface area contributed by atoms with Crippen LogP contribution in [-0.2, 0) is 9.59 Å². The Morgan fingerprint density at radius 3 is 2.38 bits per heavy atom. The van der Waals surface area contributed by atoms with Crippen molar-refractivity contribution >= 4 is 35.1 Å². The Morgan fingerprint density at radius 1 is 1.08 bits per heavy atom. The Hall–Kier alpha value is -3.86. The Labute approximate surface area is 287 Å². The number of aliphatic carboxylic acids is 1. The molecular weight excluding hydrogens is 633 g/mol. The number of aryl methyl sites for hydroxylation is 3. The van der Waals surface area contributed by atoms with Crippen molar-refractivity contribution in [3.8, 4) is 11.1 Å². The Morgan fingerprint density at radius 2 is 1.77 bits per heavy atom. The van der Waals surface area contributed by atoms with Crippen molar-refractivity contribution in [2.24, 2.45) is 5.92 Å². The normalized spacial score (nSPS) is 16.0. The van der Waals surface area contributed by atoms with E-state index in [2.05, 4.69) is 25.4 Å². The molecule has 3 aromatic rings. The predicted molar refractivity (Wildman–Crippen MR) is 188 cm³/mol. The number of hydrogen-bond acceptors (Lipinski definition) is 7. The van der Waals surface area contributed by atoms with Crippen LogP contribution in [-0.4, -0.2) is 78.5 Å². The number of hydrogen-bond donors (Lipinski definition) is 3. The molecule has 2 heterocycles. The Kier molecular flexibility index (Phi) is 12.3. The highest BCUT2D eigenvalue weighted by Gasteiger charge is 2.28. The molecule has 48 heavy (non-hydrogen) atoms. The van der Waals surface area contributed by atoms with Crippen molar-refractivity contribution in [1.29, 1.82) is 0 Å². The molecule has 0 aliphatic carbocycles. The number of Topliss-reactive ketones (excluding diaryl/α,β-unsaturated/α-hetero) is 1. The summed E-state index contributed by atoms with van der Waals surface area (Å²) in [6.45, 7) is 10.7. The molecule has 2 aromatic carbocycles. The van der Waals surface area contributed by atoms with Crippen molar-refractivity contribution in [3.05, 3.63) is 81.3 Å². The lowest BCUT2D eigenvalue weighted by Crippen LogP contribution is -2.46. The van der Waals surface area contributed by atoms with Crippen LogP contribution in [0, 0.1) is 32.5 Å². The van der Waals surface area contributed by atoms with E-state index in [0.717, 1.165) is 41.8 Å². The molecule has 4 rings (SSSR count). The van der Waals surface area contributed by atoms with E-state index in [0.29, 0.717) is 28.9 Å². The minimum Gasteiger partial charge on any atom is -0.481 e. The molecule has 1 aliphatic heterocycles. The third kappa shape index (κ3) is 9.18. The largest absolute Gasteiger partial charge is 0.481 e. The van der Waals surface area contributed by atoms with E-state index >= 15 is 4.39 Å². The number of nitrogens with one attached hydrogen (secondary N) is 2. The van der Waals surface area contributed by atoms with Crippen LogP contribution in [0.2, 0.25) is 5.02 Å². The van der Waals surface area contributed by atoms with Gasteiger partial charge in [-0.15, -0.1) is 0 Å². The van der Waals surface area contributed by atoms with Crippen molar-refractivity contribution in [1.82, 2.24) is 20.5 Å². The van der Waals surface area contributed by atoms with Gasteiger partial charge in [-0.25, -0.2) is 9.37 Å². The molecule has 1 aliphatic rings. The standard InChI is InChI=1S/C37H47ClFN5O4/c1-21(2)13-31(42-37(48)29-9-8-10-33(41-29)44-12-11-27(20-44)43(6)7)32(45)19-40-30(18-34(46)47)28-17-25(14-24(5)36(28)39)35-22(3)15-26(38)16-23(35)4/h8-10,14-17,21,27,30-31,40H,11-13,18-20H2,1-7H3,(H,42,48)(H,46,47)/t27-,30-,31-/m0/s1. The van der Waals surface area contributed by atoms with Crippen LogP contribution in [0.4, 0.5) is 10.2 Å². The van der Waals surface area contributed by atoms with Crippen LogP contribution in [0.25, 0.3) is 11.1 Å². The van der Waals surface area contributed by atoms with E-state index in [1.54, 1.807) is 31.2 Å². The van der Waals surface area contributed by atoms with E-state index in [1.165, 1.54) is 0 Å². The third-order valence-corrected chi connectivity index (χ3v) is 9.15. The molecule has 0 spiro atoms. The molecule has 9 nitrogen and oxygen atoms in total. The van der Waals surface area contributed by atoms with Gasteiger partial charge in [0.2, 0.25) is 0 Å². The second-order valence-electron chi connectivity index (χ2n) is 13.5. The number of amides is 1. The zero-order valence-corrected chi connectivity index (χ0v) is 29.6. The van der Waals surface area contributed by atoms with E-state index < -0.39 is 36.2 Å². The van der Waals surface area contributed by atoms with Crippen LogP contribution < -0.4 is 15.5 Å². The first-order chi connectivity index (χ1) is 22.6. The summed E-state index contributed by atoms with van der Waals surface area (Å²) in [6.07, 6.45) is 0.916. The average molecular weight is 680 g/mol. The summed E-state index contributed by atoms with van der Waals surface area (Å²) in [4.78, 5) is 47.9. The van der Waals surface area contributed by atoms with Gasteiger partial charge in [-0.3, -0.25) is 14.4 Å². The van der Waals surface area contributed by atoms with Gasteiger partial charge in [-0.2, -0.15) is 0 Å². The van der Waals surface area contributed by atoms with Gasteiger partial charge in [-0.1, -0.05) is 31.5 Å². The summed E-state index contributed by atoms with van der Waals surface area (Å²) in [7, 11) is 4.10. The lowest BCUT2D eigenvalue weighted by atomic mass is 9.90. The number of carboxylic acids is 1. The lowest BCUT2D eigenvalue weighted by molar-refractivity contribution is -0.137. The molecule has 0 radical (unpaired) electrons. The first-order valence-electron chi connectivity index (χ1n) is 16.4. The Balaban J connectivity index is 1.54. The van der Waals surface area contributed by atoms with Crippen molar-refractivity contribution in [2.75, 3.05) is 38.6 Å². The molecule has 1 aromatic heterocycles. The minimum atomic E-state index is -1.14. The topological polar surface area (TPSA) is 115 Å². The van der Waals surface area contributed by atoms with Crippen molar-refractivity contribution in [2.45, 2.75) is 72.0 Å². The highest BCUT2D eigenvalue weighted by atomic mass is 35.5. The van der Waals surface area contributed by atoms with Crippen LogP contribution >= 0.6 is 11.6 Å². The molecule has 3 atom stereocenters. The van der Waals surface area contributed by atoms with Crippen LogP contribution in [0.5, 0.6) is 0 Å². The minimum absolute atomic E-state index is 0.0727. The van der Waals surface area contributed by atoms with Crippen molar-refractivity contribution < 1.29 is 23.9 Å². The highest BCUT2D eigenvalue weighted by Crippen LogP contribution is 2.34. The third-order valence-electron chi connectivity index (χ3n) is 8.93. The quantitative estimate of drug-likeness (QED) is 0.187. The summed E-state index contributed by atoms with van der Waals surface area (Å²) in [5, 5.41) is 16.2. The monoisotopic (exact) mass is 679 g/mol. The molecule has 11 heteroatoms. The molecule has 1 fully saturated rings. The van der Waals surface area contributed by atoms with E-state index in [-0.39, 0.29) is 29.5 Å². The number of aromatic nitrogens is 1. The van der Waals surface area contributed by atoms with E-state index in [1.807, 2.05) is 60.0 Å². The zero-order chi connectivity index (χ0) is 35.3. The zero-order valence-electron chi connectivity index (χ0n) is 28.9. The fraction of sp³-hybridized carbons (Fsp3) is 0.459. The smallest absolute Gasteiger partial charge is 0.305 e. The second-order valence-corrected chi connectivity index (χ2v) is 13.9. The van der Waals surface area contributed by atoms with Crippen LogP contribution in [0.15, 0.2) is 42.5 Å². The number of carbonyl (C=O) groups is 3. The number of carbonyl (C=O) groups excluding carboxylic acids is 2. The molecule has 258 valence electrons. The molecule has 1 saturated heterocycles. The first-order valence-corrected chi connectivity index (χ1v) is 16.8. The number of ketones is 1. The van der Waals surface area contributed by atoms with Gasteiger partial charge in [0.05, 0.1) is 19.0 Å². The second kappa shape index (κ2) is 16.0. The number of anilines is 1. The summed E-state index contributed by atoms with van der Waals surface area (Å²) < 4.78 is 15.7. The summed E-state index contributed by atoms with van der Waals surface area (Å²) in [5.41, 5.74) is 4.13. The van der Waals surface area contributed by atoms with E-state index in [9.17, 15) is 19.5 Å². The van der Waals surface area contributed by atoms with Gasteiger partial charge in [-0.05, 0) is 118 Å². The summed E-state index contributed by atoms with van der Waals surface area (Å²) in [5.74, 6) is -1.71. The fourth-order valence-corrected chi connectivity index (χ4v) is 6.77. The van der Waals surface area contributed by atoms with Gasteiger partial charge in [0.25, 0.3) is 5.91 Å². The molecule has 0 unspecified atom stereocenters. The summed E-state index contributed by atoms with van der Waals surface area (Å²) in [6, 6.07) is 10.9. The SMILES string of the molecule is Cc1cc(-c2c(C)cc(Cl)cc2C)cc([C@H](CC(=O)O)NCC(=O)[C@H](CC(C)C)NC(=O)c2cccc(N3CC[C@H](N(C)C)C3)n2)c1F. The Bertz CT molecular complexity index is 1640. The number of nitrogens with zero attached hydrogens (tertiary/aromatic N) is 3. The van der Waals surface area contributed by atoms with Gasteiger partial charge >= 0.3 is 5.97 Å². The highest BCUT2D eigenvalue weighted by molar-refractivity contribution is 6.30. The van der Waals surface area contributed by atoms with Gasteiger partial charge in [0.1, 0.15) is 17.3 Å². The molecule has 3 N–H and O–H groups in total. The number of likely N-dealkylation sites (N-methyl/N-ethyl adjacent to an activating group) is 1. The number of carboxylic acid groups (broad SMARTS) is 1. The first kappa shape index (κ1) is 37.0. The molecule has 1 amide bonds.